The van der Waals surface area contributed by atoms with Gasteiger partial charge < -0.3 is 10.2 Å². The first-order chi connectivity index (χ1) is 8.74. The van der Waals surface area contributed by atoms with Gasteiger partial charge in [0.1, 0.15) is 0 Å². The molecule has 0 saturated heterocycles. The lowest BCUT2D eigenvalue weighted by molar-refractivity contribution is 0.324. The summed E-state index contributed by atoms with van der Waals surface area (Å²) in [6, 6.07) is 4.26. The van der Waals surface area contributed by atoms with Crippen LogP contribution in [0.1, 0.15) is 10.4 Å². The van der Waals surface area contributed by atoms with E-state index in [1.165, 1.54) is 10.4 Å². The van der Waals surface area contributed by atoms with Crippen LogP contribution in [0.15, 0.2) is 29.9 Å². The largest absolute Gasteiger partial charge is 0.311 e. The van der Waals surface area contributed by atoms with Gasteiger partial charge in [-0.05, 0) is 18.5 Å². The summed E-state index contributed by atoms with van der Waals surface area (Å²) in [4.78, 5) is 3.70. The van der Waals surface area contributed by atoms with Crippen molar-refractivity contribution < 1.29 is 0 Å². The number of likely N-dealkylation sites (N-methyl/N-ethyl adjacent to an activating group) is 1. The van der Waals surface area contributed by atoms with E-state index in [2.05, 4.69) is 46.1 Å². The molecule has 0 spiro atoms. The van der Waals surface area contributed by atoms with E-state index in [1.54, 1.807) is 11.3 Å². The van der Waals surface area contributed by atoms with Crippen molar-refractivity contribution in [2.75, 3.05) is 20.1 Å². The summed E-state index contributed by atoms with van der Waals surface area (Å²) >= 11 is 1.80. The third-order valence-electron chi connectivity index (χ3n) is 2.76. The van der Waals surface area contributed by atoms with Crippen LogP contribution in [0.5, 0.6) is 0 Å². The van der Waals surface area contributed by atoms with Crippen LogP contribution in [0.4, 0.5) is 0 Å². The second-order valence-electron chi connectivity index (χ2n) is 4.52. The van der Waals surface area contributed by atoms with Crippen molar-refractivity contribution in [3.05, 3.63) is 40.3 Å². The van der Waals surface area contributed by atoms with Crippen molar-refractivity contribution in [3.8, 4) is 0 Å². The van der Waals surface area contributed by atoms with E-state index < -0.39 is 0 Å². The Kier molecular flexibility index (Phi) is 4.92. The molecule has 0 unspecified atom stereocenters. The first kappa shape index (κ1) is 13.3. The van der Waals surface area contributed by atoms with Gasteiger partial charge in [0.15, 0.2) is 0 Å². The zero-order valence-corrected chi connectivity index (χ0v) is 11.8. The summed E-state index contributed by atoms with van der Waals surface area (Å²) in [6.45, 7) is 3.97. The van der Waals surface area contributed by atoms with Crippen LogP contribution in [-0.4, -0.2) is 34.8 Å². The molecule has 0 radical (unpaired) electrons. The van der Waals surface area contributed by atoms with Gasteiger partial charge in [-0.2, -0.15) is 5.10 Å². The number of nitrogens with zero attached hydrogens (tertiary/aromatic N) is 3. The molecule has 0 aliphatic rings. The molecule has 0 fully saturated rings. The number of hydrogen-bond acceptors (Lipinski definition) is 4. The van der Waals surface area contributed by atoms with Crippen molar-refractivity contribution in [1.82, 2.24) is 20.0 Å². The van der Waals surface area contributed by atoms with E-state index >= 15 is 0 Å². The van der Waals surface area contributed by atoms with E-state index in [0.717, 1.165) is 26.2 Å². The average molecular weight is 264 g/mol. The highest BCUT2D eigenvalue weighted by Gasteiger charge is 2.02. The summed E-state index contributed by atoms with van der Waals surface area (Å²) in [5.41, 5.74) is 1.26. The maximum Gasteiger partial charge on any atom is 0.0534 e. The monoisotopic (exact) mass is 264 g/mol. The maximum absolute atomic E-state index is 4.18. The van der Waals surface area contributed by atoms with Crippen LogP contribution >= 0.6 is 11.3 Å². The van der Waals surface area contributed by atoms with E-state index in [9.17, 15) is 0 Å². The van der Waals surface area contributed by atoms with Crippen LogP contribution in [0.2, 0.25) is 0 Å². The lowest BCUT2D eigenvalue weighted by Crippen LogP contribution is -2.28. The van der Waals surface area contributed by atoms with Crippen LogP contribution < -0.4 is 5.32 Å². The standard InChI is InChI=1S/C13H20N4S/c1-16(10-12-8-15-17(2)11-12)6-5-14-9-13-4-3-7-18-13/h3-4,7-8,11,14H,5-6,9-10H2,1-2H3. The highest BCUT2D eigenvalue weighted by atomic mass is 32.1. The van der Waals surface area contributed by atoms with Gasteiger partial charge >= 0.3 is 0 Å². The van der Waals surface area contributed by atoms with Crippen molar-refractivity contribution in [1.29, 1.82) is 0 Å². The minimum absolute atomic E-state index is 0.953. The molecule has 0 amide bonds. The summed E-state index contributed by atoms with van der Waals surface area (Å²) in [7, 11) is 4.09. The second kappa shape index (κ2) is 6.68. The van der Waals surface area contributed by atoms with Crippen molar-refractivity contribution in [2.45, 2.75) is 13.1 Å². The smallest absolute Gasteiger partial charge is 0.0534 e. The Morgan fingerprint density at radius 1 is 1.50 bits per heavy atom. The topological polar surface area (TPSA) is 33.1 Å². The lowest BCUT2D eigenvalue weighted by Gasteiger charge is -2.15. The molecule has 2 aromatic rings. The van der Waals surface area contributed by atoms with Crippen LogP contribution in [-0.2, 0) is 20.1 Å². The molecular formula is C13H20N4S. The first-order valence-corrected chi connectivity index (χ1v) is 7.01. The van der Waals surface area contributed by atoms with Gasteiger partial charge in [-0.25, -0.2) is 0 Å². The van der Waals surface area contributed by atoms with Gasteiger partial charge in [0, 0.05) is 49.9 Å². The molecule has 1 N–H and O–H groups in total. The maximum atomic E-state index is 4.18. The molecule has 0 aromatic carbocycles. The molecule has 2 heterocycles. The van der Waals surface area contributed by atoms with Gasteiger partial charge in [-0.15, -0.1) is 11.3 Å². The third kappa shape index (κ3) is 4.25. The number of thiophene rings is 1. The van der Waals surface area contributed by atoms with Gasteiger partial charge in [-0.3, -0.25) is 4.68 Å². The molecule has 18 heavy (non-hydrogen) atoms. The zero-order chi connectivity index (χ0) is 12.8. The van der Waals surface area contributed by atoms with E-state index in [-0.39, 0.29) is 0 Å². The highest BCUT2D eigenvalue weighted by molar-refractivity contribution is 7.09. The van der Waals surface area contributed by atoms with Gasteiger partial charge in [0.25, 0.3) is 0 Å². The summed E-state index contributed by atoms with van der Waals surface area (Å²) in [5.74, 6) is 0. The van der Waals surface area contributed by atoms with Gasteiger partial charge in [0.2, 0.25) is 0 Å². The fourth-order valence-electron chi connectivity index (χ4n) is 1.84. The predicted octanol–water partition coefficient (Wildman–Crippen LogP) is 1.70. The fourth-order valence-corrected chi connectivity index (χ4v) is 2.51. The normalized spacial score (nSPS) is 11.3. The molecule has 0 bridgehead atoms. The predicted molar refractivity (Wildman–Crippen MR) is 75.6 cm³/mol. The molecule has 2 aromatic heterocycles. The van der Waals surface area contributed by atoms with Crippen LogP contribution in [0.25, 0.3) is 0 Å². The van der Waals surface area contributed by atoms with Crippen LogP contribution in [0, 0.1) is 0 Å². The SMILES string of the molecule is CN(CCNCc1cccs1)Cc1cnn(C)c1. The Labute approximate surface area is 112 Å². The lowest BCUT2D eigenvalue weighted by atomic mass is 10.3. The number of rotatable bonds is 7. The number of aryl methyl sites for hydroxylation is 1. The number of aromatic nitrogens is 2. The minimum atomic E-state index is 0.953. The Bertz CT molecular complexity index is 449. The molecule has 4 nitrogen and oxygen atoms in total. The molecule has 5 heteroatoms. The van der Waals surface area contributed by atoms with Crippen molar-refractivity contribution in [3.63, 3.8) is 0 Å². The zero-order valence-electron chi connectivity index (χ0n) is 11.0. The number of hydrogen-bond donors (Lipinski definition) is 1. The Morgan fingerprint density at radius 2 is 2.39 bits per heavy atom. The van der Waals surface area contributed by atoms with E-state index in [4.69, 9.17) is 0 Å². The fraction of sp³-hybridized carbons (Fsp3) is 0.462. The first-order valence-electron chi connectivity index (χ1n) is 6.13. The third-order valence-corrected chi connectivity index (χ3v) is 3.64. The molecule has 0 atom stereocenters. The van der Waals surface area contributed by atoms with Crippen molar-refractivity contribution >= 4 is 11.3 Å². The number of nitrogens with one attached hydrogen (secondary N) is 1. The second-order valence-corrected chi connectivity index (χ2v) is 5.55. The molecule has 2 rings (SSSR count). The Hall–Kier alpha value is -1.17. The molecule has 0 saturated carbocycles. The van der Waals surface area contributed by atoms with Crippen molar-refractivity contribution in [2.24, 2.45) is 7.05 Å². The molecular weight excluding hydrogens is 244 g/mol. The van der Waals surface area contributed by atoms with Gasteiger partial charge in [-0.1, -0.05) is 6.07 Å². The quantitative estimate of drug-likeness (QED) is 0.773. The Balaban J connectivity index is 1.61. The average Bonchev–Trinajstić information content (AvgIpc) is 2.96. The van der Waals surface area contributed by atoms with Crippen LogP contribution in [0.3, 0.4) is 0 Å². The molecule has 0 aliphatic heterocycles. The minimum Gasteiger partial charge on any atom is -0.311 e. The van der Waals surface area contributed by atoms with E-state index in [0.29, 0.717) is 0 Å². The summed E-state index contributed by atoms with van der Waals surface area (Å²) < 4.78 is 1.85. The molecule has 98 valence electrons. The van der Waals surface area contributed by atoms with E-state index in [1.807, 2.05) is 17.9 Å². The Morgan fingerprint density at radius 3 is 3.06 bits per heavy atom. The highest BCUT2D eigenvalue weighted by Crippen LogP contribution is 2.07. The molecule has 0 aliphatic carbocycles. The summed E-state index contributed by atoms with van der Waals surface area (Å²) in [6.07, 6.45) is 3.99. The van der Waals surface area contributed by atoms with Gasteiger partial charge in [0.05, 0.1) is 6.20 Å². The summed E-state index contributed by atoms with van der Waals surface area (Å²) in [5, 5.41) is 9.75.